The number of hydrazine groups is 1. The van der Waals surface area contributed by atoms with Crippen LogP contribution < -0.4 is 10.7 Å². The van der Waals surface area contributed by atoms with Gasteiger partial charge in [-0.15, -0.1) is 0 Å². The summed E-state index contributed by atoms with van der Waals surface area (Å²) >= 11 is 0. The van der Waals surface area contributed by atoms with E-state index in [0.29, 0.717) is 28.5 Å². The topological polar surface area (TPSA) is 122 Å². The Morgan fingerprint density at radius 2 is 1.90 bits per heavy atom. The van der Waals surface area contributed by atoms with Crippen LogP contribution in [0.3, 0.4) is 0 Å². The van der Waals surface area contributed by atoms with Crippen molar-refractivity contribution in [2.24, 2.45) is 0 Å². The molecule has 0 radical (unpaired) electrons. The highest BCUT2D eigenvalue weighted by Crippen LogP contribution is 2.32. The molecule has 0 bridgehead atoms. The lowest BCUT2D eigenvalue weighted by Gasteiger charge is -2.30. The summed E-state index contributed by atoms with van der Waals surface area (Å²) in [6, 6.07) is 5.59. The van der Waals surface area contributed by atoms with Crippen LogP contribution in [0, 0.1) is 0 Å². The van der Waals surface area contributed by atoms with Gasteiger partial charge in [-0.1, -0.05) is 38.3 Å². The maximum atomic E-state index is 12.6. The Kier molecular flexibility index (Phi) is 6.31. The van der Waals surface area contributed by atoms with Crippen molar-refractivity contribution in [1.29, 1.82) is 0 Å². The van der Waals surface area contributed by atoms with Crippen LogP contribution >= 0.6 is 0 Å². The van der Waals surface area contributed by atoms with Gasteiger partial charge < -0.3 is 10.1 Å². The summed E-state index contributed by atoms with van der Waals surface area (Å²) in [7, 11) is -1.36. The fraction of sp³-hybridized carbons (Fsp3) is 0.474. The Balaban J connectivity index is 1.59. The number of nitrogens with zero attached hydrogens (tertiary/aromatic N) is 1. The summed E-state index contributed by atoms with van der Waals surface area (Å²) in [6.45, 7) is 1.04. The molecule has 2 aliphatic rings. The first kappa shape index (κ1) is 21.0. The molecular formula is C19H23N3O6S. The van der Waals surface area contributed by atoms with E-state index in [0.717, 1.165) is 19.3 Å². The standard InChI is InChI=1S/C19H23N3O6S/c1-2-29(27)14-9-5-4-8-13(14)16(24)28-12-15(23)21-22-17(25)19(20-18(22)26)10-6-3-7-11-19/h4-5,8-9H,2-3,6-7,10-12H2,1H3,(H,20,26)(H,21,23)/t29-/m0/s1. The smallest absolute Gasteiger partial charge is 0.344 e. The van der Waals surface area contributed by atoms with E-state index < -0.39 is 46.8 Å². The van der Waals surface area contributed by atoms with Crippen molar-refractivity contribution in [1.82, 2.24) is 15.8 Å². The number of hydrogen-bond acceptors (Lipinski definition) is 6. The van der Waals surface area contributed by atoms with Gasteiger partial charge in [0.2, 0.25) is 0 Å². The van der Waals surface area contributed by atoms with E-state index in [-0.39, 0.29) is 5.56 Å². The molecule has 3 rings (SSSR count). The first-order valence-corrected chi connectivity index (χ1v) is 10.8. The number of carbonyl (C=O) groups is 4. The summed E-state index contributed by atoms with van der Waals surface area (Å²) in [5, 5.41) is 3.33. The van der Waals surface area contributed by atoms with Crippen molar-refractivity contribution < 1.29 is 28.1 Å². The Morgan fingerprint density at radius 3 is 2.59 bits per heavy atom. The van der Waals surface area contributed by atoms with E-state index in [4.69, 9.17) is 4.74 Å². The summed E-state index contributed by atoms with van der Waals surface area (Å²) in [5.41, 5.74) is 1.35. The number of nitrogens with one attached hydrogen (secondary N) is 2. The normalized spacial score (nSPS) is 19.0. The summed E-state index contributed by atoms with van der Waals surface area (Å²) in [6.07, 6.45) is 3.71. The molecule has 2 N–H and O–H groups in total. The fourth-order valence-electron chi connectivity index (χ4n) is 3.57. The Bertz CT molecular complexity index is 865. The van der Waals surface area contributed by atoms with Crippen LogP contribution in [0.25, 0.3) is 0 Å². The van der Waals surface area contributed by atoms with Gasteiger partial charge in [0.05, 0.1) is 21.3 Å². The van der Waals surface area contributed by atoms with E-state index in [1.165, 1.54) is 6.07 Å². The van der Waals surface area contributed by atoms with E-state index in [2.05, 4.69) is 10.7 Å². The number of ether oxygens (including phenoxy) is 1. The van der Waals surface area contributed by atoms with Gasteiger partial charge in [-0.25, -0.2) is 9.59 Å². The van der Waals surface area contributed by atoms with E-state index in [9.17, 15) is 23.4 Å². The molecule has 156 valence electrons. The maximum Gasteiger partial charge on any atom is 0.344 e. The maximum absolute atomic E-state index is 12.6. The molecule has 1 aliphatic heterocycles. The molecule has 0 aromatic heterocycles. The van der Waals surface area contributed by atoms with Gasteiger partial charge in [0.1, 0.15) is 5.54 Å². The van der Waals surface area contributed by atoms with E-state index >= 15 is 0 Å². The number of benzene rings is 1. The molecule has 29 heavy (non-hydrogen) atoms. The third kappa shape index (κ3) is 4.31. The predicted molar refractivity (Wildman–Crippen MR) is 103 cm³/mol. The largest absolute Gasteiger partial charge is 0.452 e. The molecule has 9 nitrogen and oxygen atoms in total. The van der Waals surface area contributed by atoms with Gasteiger partial charge in [0, 0.05) is 5.75 Å². The number of esters is 1. The van der Waals surface area contributed by atoms with Gasteiger partial charge >= 0.3 is 12.0 Å². The molecule has 1 aromatic rings. The van der Waals surface area contributed by atoms with Crippen molar-refractivity contribution in [3.05, 3.63) is 29.8 Å². The molecule has 2 fully saturated rings. The third-order valence-corrected chi connectivity index (χ3v) is 6.43. The Labute approximate surface area is 170 Å². The molecular weight excluding hydrogens is 398 g/mol. The average molecular weight is 421 g/mol. The number of rotatable bonds is 6. The number of carbonyl (C=O) groups excluding carboxylic acids is 4. The van der Waals surface area contributed by atoms with Crippen molar-refractivity contribution >= 4 is 34.6 Å². The minimum absolute atomic E-state index is 0.108. The zero-order chi connectivity index (χ0) is 21.0. The van der Waals surface area contributed by atoms with Crippen LogP contribution in [0.1, 0.15) is 49.4 Å². The van der Waals surface area contributed by atoms with Crippen molar-refractivity contribution in [2.75, 3.05) is 12.4 Å². The van der Waals surface area contributed by atoms with Gasteiger partial charge in [-0.2, -0.15) is 5.01 Å². The van der Waals surface area contributed by atoms with Gasteiger partial charge in [0.15, 0.2) is 6.61 Å². The molecule has 1 spiro atoms. The zero-order valence-corrected chi connectivity index (χ0v) is 16.9. The van der Waals surface area contributed by atoms with Crippen LogP contribution in [0.2, 0.25) is 0 Å². The summed E-state index contributed by atoms with van der Waals surface area (Å²) in [4.78, 5) is 49.5. The highest BCUT2D eigenvalue weighted by atomic mass is 32.2. The van der Waals surface area contributed by atoms with Gasteiger partial charge in [-0.3, -0.25) is 19.2 Å². The van der Waals surface area contributed by atoms with E-state index in [1.807, 2.05) is 0 Å². The molecule has 10 heteroatoms. The average Bonchev–Trinajstić information content (AvgIpc) is 2.95. The lowest BCUT2D eigenvalue weighted by atomic mass is 9.82. The van der Waals surface area contributed by atoms with E-state index in [1.54, 1.807) is 25.1 Å². The second-order valence-electron chi connectivity index (χ2n) is 6.95. The second kappa shape index (κ2) is 8.73. The minimum atomic E-state index is -1.36. The van der Waals surface area contributed by atoms with Crippen LogP contribution in [-0.2, 0) is 25.1 Å². The summed E-state index contributed by atoms with van der Waals surface area (Å²) < 4.78 is 17.0. The van der Waals surface area contributed by atoms with Gasteiger partial charge in [0.25, 0.3) is 11.8 Å². The van der Waals surface area contributed by atoms with Crippen LogP contribution in [0.15, 0.2) is 29.2 Å². The first-order valence-electron chi connectivity index (χ1n) is 9.48. The van der Waals surface area contributed by atoms with Crippen molar-refractivity contribution in [3.8, 4) is 0 Å². The second-order valence-corrected chi connectivity index (χ2v) is 8.66. The number of hydrogen-bond donors (Lipinski definition) is 2. The van der Waals surface area contributed by atoms with Gasteiger partial charge in [-0.05, 0) is 25.0 Å². The van der Waals surface area contributed by atoms with Crippen LogP contribution in [-0.4, -0.2) is 50.9 Å². The molecule has 1 aliphatic carbocycles. The Morgan fingerprint density at radius 1 is 1.21 bits per heavy atom. The zero-order valence-electron chi connectivity index (χ0n) is 16.1. The molecule has 4 amide bonds. The number of urea groups is 1. The number of amides is 4. The molecule has 1 aromatic carbocycles. The Hall–Kier alpha value is -2.75. The van der Waals surface area contributed by atoms with Crippen LogP contribution in [0.5, 0.6) is 0 Å². The SMILES string of the molecule is CC[S@](=O)c1ccccc1C(=O)OCC(=O)NN1C(=O)NC2(CCCCC2)C1=O. The quantitative estimate of drug-likeness (QED) is 0.527. The van der Waals surface area contributed by atoms with Crippen molar-refractivity contribution in [3.63, 3.8) is 0 Å². The monoisotopic (exact) mass is 421 g/mol. The molecule has 1 atom stereocenters. The van der Waals surface area contributed by atoms with Crippen molar-refractivity contribution in [2.45, 2.75) is 49.5 Å². The first-order chi connectivity index (χ1) is 13.9. The summed E-state index contributed by atoms with van der Waals surface area (Å²) in [5.74, 6) is -1.79. The number of imide groups is 1. The minimum Gasteiger partial charge on any atom is -0.452 e. The molecule has 1 heterocycles. The fourth-order valence-corrected chi connectivity index (χ4v) is 4.51. The third-order valence-electron chi connectivity index (χ3n) is 5.05. The predicted octanol–water partition coefficient (Wildman–Crippen LogP) is 1.26. The lowest BCUT2D eigenvalue weighted by Crippen LogP contribution is -2.51. The highest BCUT2D eigenvalue weighted by molar-refractivity contribution is 7.85. The van der Waals surface area contributed by atoms with Crippen LogP contribution in [0.4, 0.5) is 4.79 Å². The molecule has 0 unspecified atom stereocenters. The molecule has 1 saturated carbocycles. The lowest BCUT2D eigenvalue weighted by molar-refractivity contribution is -0.140. The highest BCUT2D eigenvalue weighted by Gasteiger charge is 2.52. The molecule has 1 saturated heterocycles.